The SMILES string of the molecule is Cc1cc(C)c(C(=O)NC2(CC(=O)O)CCCC2)c(C)c1. The highest BCUT2D eigenvalue weighted by atomic mass is 16.4. The van der Waals surface area contributed by atoms with Crippen LogP contribution in [-0.2, 0) is 4.79 Å². The number of hydrogen-bond acceptors (Lipinski definition) is 2. The van der Waals surface area contributed by atoms with Crippen LogP contribution in [0, 0.1) is 20.8 Å². The number of nitrogens with one attached hydrogen (secondary N) is 1. The van der Waals surface area contributed by atoms with Crippen molar-refractivity contribution < 1.29 is 14.7 Å². The predicted molar refractivity (Wildman–Crippen MR) is 81.6 cm³/mol. The molecule has 0 aromatic heterocycles. The number of carbonyl (C=O) groups excluding carboxylic acids is 1. The maximum Gasteiger partial charge on any atom is 0.305 e. The molecule has 114 valence electrons. The topological polar surface area (TPSA) is 66.4 Å². The first-order valence-electron chi connectivity index (χ1n) is 7.45. The Balaban J connectivity index is 2.26. The minimum Gasteiger partial charge on any atom is -0.481 e. The third-order valence-corrected chi connectivity index (χ3v) is 4.33. The summed E-state index contributed by atoms with van der Waals surface area (Å²) in [6.45, 7) is 5.85. The van der Waals surface area contributed by atoms with Gasteiger partial charge in [-0.2, -0.15) is 0 Å². The lowest BCUT2D eigenvalue weighted by Crippen LogP contribution is -2.48. The Hall–Kier alpha value is -1.84. The molecule has 0 atom stereocenters. The fourth-order valence-corrected chi connectivity index (χ4v) is 3.53. The van der Waals surface area contributed by atoms with Crippen LogP contribution in [0.25, 0.3) is 0 Å². The number of carboxylic acid groups (broad SMARTS) is 1. The van der Waals surface area contributed by atoms with Gasteiger partial charge in [0.2, 0.25) is 0 Å². The minimum atomic E-state index is -0.852. The van der Waals surface area contributed by atoms with Gasteiger partial charge in [0.05, 0.1) is 12.0 Å². The first-order chi connectivity index (χ1) is 9.83. The van der Waals surface area contributed by atoms with Crippen LogP contribution in [0.1, 0.15) is 59.2 Å². The molecular weight excluding hydrogens is 266 g/mol. The van der Waals surface area contributed by atoms with Crippen molar-refractivity contribution in [2.75, 3.05) is 0 Å². The molecule has 4 nitrogen and oxygen atoms in total. The number of aliphatic carboxylic acids is 1. The van der Waals surface area contributed by atoms with E-state index in [9.17, 15) is 9.59 Å². The Labute approximate surface area is 125 Å². The van der Waals surface area contributed by atoms with Crippen molar-refractivity contribution in [3.63, 3.8) is 0 Å². The number of carboxylic acids is 1. The Bertz CT molecular complexity index is 548. The average molecular weight is 289 g/mol. The van der Waals surface area contributed by atoms with E-state index in [1.807, 2.05) is 32.9 Å². The molecule has 0 heterocycles. The van der Waals surface area contributed by atoms with Crippen LogP contribution in [0.2, 0.25) is 0 Å². The summed E-state index contributed by atoms with van der Waals surface area (Å²) in [6.07, 6.45) is 3.44. The third kappa shape index (κ3) is 3.43. The van der Waals surface area contributed by atoms with Crippen molar-refractivity contribution in [3.8, 4) is 0 Å². The summed E-state index contributed by atoms with van der Waals surface area (Å²) < 4.78 is 0. The zero-order valence-corrected chi connectivity index (χ0v) is 13.0. The molecule has 1 fully saturated rings. The summed E-state index contributed by atoms with van der Waals surface area (Å²) in [5.41, 5.74) is 3.11. The van der Waals surface area contributed by atoms with Crippen molar-refractivity contribution in [3.05, 3.63) is 34.4 Å². The minimum absolute atomic E-state index is 0.00268. The molecule has 1 aliphatic rings. The highest BCUT2D eigenvalue weighted by Crippen LogP contribution is 2.33. The largest absolute Gasteiger partial charge is 0.481 e. The summed E-state index contributed by atoms with van der Waals surface area (Å²) in [7, 11) is 0. The van der Waals surface area contributed by atoms with Gasteiger partial charge in [-0.3, -0.25) is 9.59 Å². The van der Waals surface area contributed by atoms with Gasteiger partial charge in [-0.05, 0) is 44.7 Å². The maximum absolute atomic E-state index is 12.6. The number of benzene rings is 1. The molecule has 21 heavy (non-hydrogen) atoms. The highest BCUT2D eigenvalue weighted by Gasteiger charge is 2.38. The van der Waals surface area contributed by atoms with Crippen LogP contribution in [0.4, 0.5) is 0 Å². The van der Waals surface area contributed by atoms with Crippen LogP contribution >= 0.6 is 0 Å². The summed E-state index contributed by atoms with van der Waals surface area (Å²) in [4.78, 5) is 23.7. The maximum atomic E-state index is 12.6. The molecule has 4 heteroatoms. The second-order valence-corrected chi connectivity index (χ2v) is 6.29. The monoisotopic (exact) mass is 289 g/mol. The Morgan fingerprint density at radius 3 is 2.14 bits per heavy atom. The highest BCUT2D eigenvalue weighted by molar-refractivity contribution is 5.98. The predicted octanol–water partition coefficient (Wildman–Crippen LogP) is 3.13. The molecule has 0 radical (unpaired) electrons. The van der Waals surface area contributed by atoms with E-state index in [0.717, 1.165) is 42.4 Å². The molecular formula is C17H23NO3. The van der Waals surface area contributed by atoms with Gasteiger partial charge < -0.3 is 10.4 Å². The van der Waals surface area contributed by atoms with Crippen LogP contribution in [-0.4, -0.2) is 22.5 Å². The van der Waals surface area contributed by atoms with Crippen molar-refractivity contribution in [1.82, 2.24) is 5.32 Å². The fourth-order valence-electron chi connectivity index (χ4n) is 3.53. The van der Waals surface area contributed by atoms with Gasteiger partial charge >= 0.3 is 5.97 Å². The molecule has 0 unspecified atom stereocenters. The van der Waals surface area contributed by atoms with Crippen molar-refractivity contribution >= 4 is 11.9 Å². The third-order valence-electron chi connectivity index (χ3n) is 4.33. The van der Waals surface area contributed by atoms with Crippen LogP contribution < -0.4 is 5.32 Å². The van der Waals surface area contributed by atoms with Gasteiger partial charge in [0, 0.05) is 5.56 Å². The molecule has 0 bridgehead atoms. The van der Waals surface area contributed by atoms with Crippen LogP contribution in [0.5, 0.6) is 0 Å². The summed E-state index contributed by atoms with van der Waals surface area (Å²) in [6, 6.07) is 3.97. The normalized spacial score (nSPS) is 16.7. The van der Waals surface area contributed by atoms with E-state index >= 15 is 0 Å². The number of aryl methyl sites for hydroxylation is 3. The molecule has 0 saturated heterocycles. The van der Waals surface area contributed by atoms with E-state index in [1.165, 1.54) is 0 Å². The Morgan fingerprint density at radius 2 is 1.67 bits per heavy atom. The van der Waals surface area contributed by atoms with E-state index < -0.39 is 11.5 Å². The number of carbonyl (C=O) groups is 2. The zero-order chi connectivity index (χ0) is 15.6. The lowest BCUT2D eigenvalue weighted by atomic mass is 9.91. The molecule has 1 aromatic carbocycles. The van der Waals surface area contributed by atoms with E-state index in [2.05, 4.69) is 5.32 Å². The number of amides is 1. The molecule has 0 aliphatic heterocycles. The van der Waals surface area contributed by atoms with Gasteiger partial charge in [0.1, 0.15) is 0 Å². The zero-order valence-electron chi connectivity index (χ0n) is 13.0. The molecule has 1 saturated carbocycles. The summed E-state index contributed by atoms with van der Waals surface area (Å²) in [5, 5.41) is 12.1. The van der Waals surface area contributed by atoms with Crippen molar-refractivity contribution in [2.45, 2.75) is 58.4 Å². The molecule has 2 N–H and O–H groups in total. The van der Waals surface area contributed by atoms with Gasteiger partial charge in [0.15, 0.2) is 0 Å². The first-order valence-corrected chi connectivity index (χ1v) is 7.45. The molecule has 2 rings (SSSR count). The molecule has 1 amide bonds. The van der Waals surface area contributed by atoms with Gasteiger partial charge in [-0.1, -0.05) is 30.5 Å². The molecule has 1 aliphatic carbocycles. The first kappa shape index (κ1) is 15.5. The second kappa shape index (κ2) is 5.88. The number of rotatable bonds is 4. The van der Waals surface area contributed by atoms with Gasteiger partial charge in [-0.25, -0.2) is 0 Å². The van der Waals surface area contributed by atoms with Gasteiger partial charge in [-0.15, -0.1) is 0 Å². The summed E-state index contributed by atoms with van der Waals surface area (Å²) in [5.74, 6) is -0.997. The average Bonchev–Trinajstić information content (AvgIpc) is 2.74. The van der Waals surface area contributed by atoms with Crippen LogP contribution in [0.15, 0.2) is 12.1 Å². The Kier molecular flexibility index (Phi) is 4.35. The lowest BCUT2D eigenvalue weighted by molar-refractivity contribution is -0.138. The molecule has 0 spiro atoms. The van der Waals surface area contributed by atoms with E-state index in [1.54, 1.807) is 0 Å². The molecule has 1 aromatic rings. The smallest absolute Gasteiger partial charge is 0.305 e. The van der Waals surface area contributed by atoms with Crippen LogP contribution in [0.3, 0.4) is 0 Å². The van der Waals surface area contributed by atoms with E-state index in [0.29, 0.717) is 5.56 Å². The van der Waals surface area contributed by atoms with Crippen molar-refractivity contribution in [1.29, 1.82) is 0 Å². The quantitative estimate of drug-likeness (QED) is 0.895. The van der Waals surface area contributed by atoms with Crippen molar-refractivity contribution in [2.24, 2.45) is 0 Å². The van der Waals surface area contributed by atoms with E-state index in [-0.39, 0.29) is 12.3 Å². The van der Waals surface area contributed by atoms with Gasteiger partial charge in [0.25, 0.3) is 5.91 Å². The Morgan fingerprint density at radius 1 is 1.14 bits per heavy atom. The fraction of sp³-hybridized carbons (Fsp3) is 0.529. The standard InChI is InChI=1S/C17H23NO3/c1-11-8-12(2)15(13(3)9-11)16(21)18-17(10-14(19)20)6-4-5-7-17/h8-9H,4-7,10H2,1-3H3,(H,18,21)(H,19,20). The summed E-state index contributed by atoms with van der Waals surface area (Å²) >= 11 is 0. The second-order valence-electron chi connectivity index (χ2n) is 6.29. The van der Waals surface area contributed by atoms with E-state index in [4.69, 9.17) is 5.11 Å². The lowest BCUT2D eigenvalue weighted by Gasteiger charge is -2.29. The number of hydrogen-bond donors (Lipinski definition) is 2.